The average Bonchev–Trinajstić information content (AvgIpc) is 2.74. The summed E-state index contributed by atoms with van der Waals surface area (Å²) in [5, 5.41) is 0. The Kier molecular flexibility index (Phi) is 3.89. The molecule has 1 amide bonds. The molecule has 0 radical (unpaired) electrons. The van der Waals surface area contributed by atoms with Gasteiger partial charge in [-0.1, -0.05) is 0 Å². The fourth-order valence-corrected chi connectivity index (χ4v) is 2.26. The molecule has 0 bridgehead atoms. The van der Waals surface area contributed by atoms with E-state index in [9.17, 15) is 14.0 Å². The van der Waals surface area contributed by atoms with E-state index in [1.165, 1.54) is 30.2 Å². The quantitative estimate of drug-likeness (QED) is 0.748. The molecule has 1 aliphatic rings. The first kappa shape index (κ1) is 15.3. The Morgan fingerprint density at radius 1 is 1.33 bits per heavy atom. The van der Waals surface area contributed by atoms with Crippen LogP contribution in [0.3, 0.4) is 0 Å². The number of esters is 1. The highest BCUT2D eigenvalue weighted by Gasteiger charge is 2.39. The lowest BCUT2D eigenvalue weighted by molar-refractivity contribution is -0.142. The van der Waals surface area contributed by atoms with Gasteiger partial charge in [-0.25, -0.2) is 9.18 Å². The molecule has 0 spiro atoms. The van der Waals surface area contributed by atoms with Crippen molar-refractivity contribution in [2.45, 2.75) is 32.3 Å². The van der Waals surface area contributed by atoms with Gasteiger partial charge in [0.05, 0.1) is 12.8 Å². The Bertz CT molecular complexity index is 580. The van der Waals surface area contributed by atoms with Gasteiger partial charge in [0.1, 0.15) is 17.3 Å². The minimum atomic E-state index is -0.701. The van der Waals surface area contributed by atoms with Crippen molar-refractivity contribution in [2.75, 3.05) is 18.6 Å². The van der Waals surface area contributed by atoms with Gasteiger partial charge in [-0.05, 0) is 44.5 Å². The first-order chi connectivity index (χ1) is 9.73. The van der Waals surface area contributed by atoms with Crippen molar-refractivity contribution in [3.63, 3.8) is 0 Å². The lowest BCUT2D eigenvalue weighted by Gasteiger charge is -2.24. The van der Waals surface area contributed by atoms with E-state index in [-0.39, 0.29) is 6.54 Å². The summed E-state index contributed by atoms with van der Waals surface area (Å²) >= 11 is 0. The van der Waals surface area contributed by atoms with Gasteiger partial charge in [0.2, 0.25) is 0 Å². The highest BCUT2D eigenvalue weighted by Crippen LogP contribution is 2.38. The summed E-state index contributed by atoms with van der Waals surface area (Å²) in [7, 11) is 1.26. The maximum atomic E-state index is 13.4. The standard InChI is InChI=1S/C15H18FNO4/c1-15(2,3)21-14(19)17-8-11(13(18)20-4)10-7-9(16)5-6-12(10)17/h5-7,11H,8H2,1-4H3. The second kappa shape index (κ2) is 5.35. The molecule has 0 aromatic heterocycles. The van der Waals surface area contributed by atoms with Crippen LogP contribution in [-0.4, -0.2) is 31.3 Å². The second-order valence-corrected chi connectivity index (χ2v) is 5.87. The number of carbonyl (C=O) groups is 2. The number of hydrogen-bond acceptors (Lipinski definition) is 4. The van der Waals surface area contributed by atoms with Gasteiger partial charge in [-0.3, -0.25) is 9.69 Å². The Hall–Kier alpha value is -2.11. The third kappa shape index (κ3) is 3.15. The molecule has 5 nitrogen and oxygen atoms in total. The smallest absolute Gasteiger partial charge is 0.414 e. The molecular formula is C15H18FNO4. The number of ether oxygens (including phenoxy) is 2. The van der Waals surface area contributed by atoms with Gasteiger partial charge in [-0.2, -0.15) is 0 Å². The van der Waals surface area contributed by atoms with Crippen LogP contribution in [0.2, 0.25) is 0 Å². The van der Waals surface area contributed by atoms with E-state index in [0.29, 0.717) is 11.3 Å². The predicted octanol–water partition coefficient (Wildman–Crippen LogP) is 2.84. The molecule has 0 aliphatic carbocycles. The third-order valence-corrected chi connectivity index (χ3v) is 3.12. The number of benzene rings is 1. The summed E-state index contributed by atoms with van der Waals surface area (Å²) in [5.41, 5.74) is 0.259. The molecule has 1 aromatic rings. The van der Waals surface area contributed by atoms with E-state index >= 15 is 0 Å². The lowest BCUT2D eigenvalue weighted by Crippen LogP contribution is -2.37. The molecule has 0 saturated carbocycles. The summed E-state index contributed by atoms with van der Waals surface area (Å²) in [6.07, 6.45) is -0.568. The summed E-state index contributed by atoms with van der Waals surface area (Å²) in [6, 6.07) is 3.97. The number of fused-ring (bicyclic) bond motifs is 1. The monoisotopic (exact) mass is 295 g/mol. The predicted molar refractivity (Wildman–Crippen MR) is 74.7 cm³/mol. The zero-order valence-electron chi connectivity index (χ0n) is 12.5. The van der Waals surface area contributed by atoms with Gasteiger partial charge in [0.15, 0.2) is 0 Å². The summed E-state index contributed by atoms with van der Waals surface area (Å²) < 4.78 is 23.4. The minimum Gasteiger partial charge on any atom is -0.468 e. The van der Waals surface area contributed by atoms with Gasteiger partial charge in [0.25, 0.3) is 0 Å². The van der Waals surface area contributed by atoms with Crippen molar-refractivity contribution in [1.82, 2.24) is 0 Å². The van der Waals surface area contributed by atoms with Crippen molar-refractivity contribution < 1.29 is 23.5 Å². The first-order valence-electron chi connectivity index (χ1n) is 6.60. The Morgan fingerprint density at radius 2 is 2.00 bits per heavy atom. The number of hydrogen-bond donors (Lipinski definition) is 0. The molecule has 1 atom stereocenters. The van der Waals surface area contributed by atoms with Crippen molar-refractivity contribution in [3.8, 4) is 0 Å². The molecule has 1 aromatic carbocycles. The number of halogens is 1. The molecule has 114 valence electrons. The molecule has 2 rings (SSSR count). The van der Waals surface area contributed by atoms with E-state index < -0.39 is 29.4 Å². The van der Waals surface area contributed by atoms with Gasteiger partial charge in [-0.15, -0.1) is 0 Å². The third-order valence-electron chi connectivity index (χ3n) is 3.12. The van der Waals surface area contributed by atoms with E-state index in [2.05, 4.69) is 0 Å². The van der Waals surface area contributed by atoms with E-state index in [4.69, 9.17) is 9.47 Å². The SMILES string of the molecule is COC(=O)C1CN(C(=O)OC(C)(C)C)c2ccc(F)cc21. The van der Waals surface area contributed by atoms with Crippen LogP contribution in [-0.2, 0) is 14.3 Å². The van der Waals surface area contributed by atoms with Crippen LogP contribution in [0.25, 0.3) is 0 Å². The minimum absolute atomic E-state index is 0.0837. The number of amides is 1. The van der Waals surface area contributed by atoms with E-state index in [1.54, 1.807) is 20.8 Å². The van der Waals surface area contributed by atoms with Crippen molar-refractivity contribution >= 4 is 17.7 Å². The molecule has 1 unspecified atom stereocenters. The van der Waals surface area contributed by atoms with Crippen molar-refractivity contribution in [3.05, 3.63) is 29.6 Å². The van der Waals surface area contributed by atoms with Crippen molar-refractivity contribution in [1.29, 1.82) is 0 Å². The number of nitrogens with zero attached hydrogens (tertiary/aromatic N) is 1. The van der Waals surface area contributed by atoms with Crippen LogP contribution in [0.5, 0.6) is 0 Å². The zero-order chi connectivity index (χ0) is 15.8. The Labute approximate surface area is 122 Å². The number of carbonyl (C=O) groups excluding carboxylic acids is 2. The van der Waals surface area contributed by atoms with Gasteiger partial charge in [0, 0.05) is 6.54 Å². The van der Waals surface area contributed by atoms with Crippen LogP contribution in [0.1, 0.15) is 32.3 Å². The average molecular weight is 295 g/mol. The first-order valence-corrected chi connectivity index (χ1v) is 6.60. The maximum Gasteiger partial charge on any atom is 0.414 e. The fraction of sp³-hybridized carbons (Fsp3) is 0.467. The van der Waals surface area contributed by atoms with Crippen LogP contribution in [0.15, 0.2) is 18.2 Å². The molecule has 0 fully saturated rings. The highest BCUT2D eigenvalue weighted by molar-refractivity contribution is 5.95. The number of rotatable bonds is 1. The Morgan fingerprint density at radius 3 is 2.57 bits per heavy atom. The maximum absolute atomic E-state index is 13.4. The number of methoxy groups -OCH3 is 1. The molecule has 0 saturated heterocycles. The molecular weight excluding hydrogens is 277 g/mol. The lowest BCUT2D eigenvalue weighted by atomic mass is 10.0. The van der Waals surface area contributed by atoms with Crippen LogP contribution >= 0.6 is 0 Å². The molecule has 21 heavy (non-hydrogen) atoms. The molecule has 1 heterocycles. The molecule has 0 N–H and O–H groups in total. The van der Waals surface area contributed by atoms with Crippen LogP contribution in [0.4, 0.5) is 14.9 Å². The van der Waals surface area contributed by atoms with E-state index in [1.807, 2.05) is 0 Å². The topological polar surface area (TPSA) is 55.8 Å². The second-order valence-electron chi connectivity index (χ2n) is 5.87. The van der Waals surface area contributed by atoms with Crippen LogP contribution < -0.4 is 4.90 Å². The largest absolute Gasteiger partial charge is 0.468 e. The summed E-state index contributed by atoms with van der Waals surface area (Å²) in [4.78, 5) is 25.4. The van der Waals surface area contributed by atoms with Crippen molar-refractivity contribution in [2.24, 2.45) is 0 Å². The highest BCUT2D eigenvalue weighted by atomic mass is 19.1. The summed E-state index contributed by atoms with van der Waals surface area (Å²) in [5.74, 6) is -1.67. The van der Waals surface area contributed by atoms with E-state index in [0.717, 1.165) is 0 Å². The Balaban J connectivity index is 2.35. The molecule has 6 heteroatoms. The fourth-order valence-electron chi connectivity index (χ4n) is 2.26. The van der Waals surface area contributed by atoms with Crippen LogP contribution in [0, 0.1) is 5.82 Å². The van der Waals surface area contributed by atoms with Gasteiger partial charge < -0.3 is 9.47 Å². The zero-order valence-corrected chi connectivity index (χ0v) is 12.5. The van der Waals surface area contributed by atoms with Gasteiger partial charge >= 0.3 is 12.1 Å². The molecule has 1 aliphatic heterocycles. The summed E-state index contributed by atoms with van der Waals surface area (Å²) in [6.45, 7) is 5.35. The normalized spacial score (nSPS) is 17.4. The number of anilines is 1.